The van der Waals surface area contributed by atoms with E-state index in [2.05, 4.69) is 0 Å². The number of anilines is 8. The van der Waals surface area contributed by atoms with Crippen LogP contribution in [0.1, 0.15) is 22.3 Å². The van der Waals surface area contributed by atoms with E-state index in [0.29, 0.717) is 44.6 Å². The van der Waals surface area contributed by atoms with E-state index in [1.165, 1.54) is 48.5 Å². The molecule has 0 bridgehead atoms. The molecule has 0 radical (unpaired) electrons. The minimum Gasteiger partial charge on any atom is -0.399 e. The van der Waals surface area contributed by atoms with Gasteiger partial charge in [0.25, 0.3) is 0 Å². The molecule has 8 rings (SSSR count). The van der Waals surface area contributed by atoms with Crippen LogP contribution in [0.3, 0.4) is 0 Å². The molecule has 19 heteroatoms. The van der Waals surface area contributed by atoms with Crippen molar-refractivity contribution in [2.45, 2.75) is 27.7 Å². The van der Waals surface area contributed by atoms with Crippen LogP contribution in [-0.4, -0.2) is 0 Å². The van der Waals surface area contributed by atoms with Gasteiger partial charge in [0.05, 0.1) is 5.02 Å². The van der Waals surface area contributed by atoms with Gasteiger partial charge in [0, 0.05) is 67.2 Å². The topological polar surface area (TPSA) is 208 Å². The molecule has 16 N–H and O–H groups in total. The number of rotatable bonds is 0. The van der Waals surface area contributed by atoms with Gasteiger partial charge in [0.2, 0.25) is 0 Å². The highest BCUT2D eigenvalue weighted by atomic mass is 35.5. The molecule has 0 unspecified atom stereocenters. The van der Waals surface area contributed by atoms with Gasteiger partial charge in [-0.2, -0.15) is 0 Å². The van der Waals surface area contributed by atoms with Gasteiger partial charge in [0.1, 0.15) is 34.9 Å². The van der Waals surface area contributed by atoms with Crippen LogP contribution in [0.5, 0.6) is 0 Å². The Morgan fingerprint density at radius 1 is 0.296 bits per heavy atom. The van der Waals surface area contributed by atoms with Crippen LogP contribution in [0.15, 0.2) is 152 Å². The average Bonchev–Trinajstić information content (AvgIpc) is 3.28. The van der Waals surface area contributed by atoms with E-state index >= 15 is 0 Å². The lowest BCUT2D eigenvalue weighted by Gasteiger charge is -1.98. The number of hydrogen-bond donors (Lipinski definition) is 8. The summed E-state index contributed by atoms with van der Waals surface area (Å²) in [5.74, 6) is -4.27. The van der Waals surface area contributed by atoms with Crippen molar-refractivity contribution in [1.29, 1.82) is 0 Å². The number of nitrogens with two attached hydrogens (primary N) is 8. The van der Waals surface area contributed by atoms with E-state index in [-0.39, 0.29) is 33.8 Å². The smallest absolute Gasteiger partial charge is 0.160 e. The van der Waals surface area contributed by atoms with Crippen molar-refractivity contribution < 1.29 is 35.1 Å². The number of aryl methyl sites for hydroxylation is 2. The fraction of sp³-hybridized carbons (Fsp3) is 0.0769. The Morgan fingerprint density at radius 3 is 1.15 bits per heavy atom. The molecular weight excluding hydrogens is 995 g/mol. The summed E-state index contributed by atoms with van der Waals surface area (Å²) in [5.41, 5.74) is 49.2. The van der Waals surface area contributed by atoms with E-state index in [4.69, 9.17) is 80.7 Å². The number of nitrogen functional groups attached to an aromatic ring is 8. The summed E-state index contributed by atoms with van der Waals surface area (Å²) in [6, 6.07) is 36.5. The minimum absolute atomic E-state index is 0.0648. The summed E-state index contributed by atoms with van der Waals surface area (Å²) in [6.07, 6.45) is 0. The molecule has 0 fully saturated rings. The third-order valence-corrected chi connectivity index (χ3v) is 9.61. The minimum atomic E-state index is -0.907. The van der Waals surface area contributed by atoms with Gasteiger partial charge in [-0.15, -0.1) is 0 Å². The van der Waals surface area contributed by atoms with Crippen LogP contribution in [0, 0.1) is 74.2 Å². The van der Waals surface area contributed by atoms with Crippen molar-refractivity contribution in [2.75, 3.05) is 45.9 Å². The van der Waals surface area contributed by atoms with Crippen LogP contribution in [0.4, 0.5) is 80.6 Å². The van der Waals surface area contributed by atoms with Crippen molar-refractivity contribution in [3.8, 4) is 0 Å². The van der Waals surface area contributed by atoms with E-state index in [0.717, 1.165) is 52.2 Å². The third-order valence-electron chi connectivity index (χ3n) is 8.68. The van der Waals surface area contributed by atoms with Crippen LogP contribution < -0.4 is 45.9 Å². The zero-order valence-electron chi connectivity index (χ0n) is 38.7. The number of halogens is 11. The maximum Gasteiger partial charge on any atom is 0.160 e. The van der Waals surface area contributed by atoms with Crippen LogP contribution in [-0.2, 0) is 0 Å². The molecule has 0 aliphatic heterocycles. The lowest BCUT2D eigenvalue weighted by atomic mass is 10.2. The number of hydrogen-bond acceptors (Lipinski definition) is 8. The molecule has 8 aromatic rings. The molecular formula is C52H53Cl3F8N8. The lowest BCUT2D eigenvalue weighted by Crippen LogP contribution is -1.90. The Hall–Kier alpha value is -7.53. The molecule has 8 aromatic carbocycles. The first-order valence-corrected chi connectivity index (χ1v) is 21.5. The molecule has 0 atom stereocenters. The highest BCUT2D eigenvalue weighted by molar-refractivity contribution is 6.32. The van der Waals surface area contributed by atoms with Crippen molar-refractivity contribution in [2.24, 2.45) is 0 Å². The Kier molecular flexibility index (Phi) is 27.3. The first-order chi connectivity index (χ1) is 33.2. The first-order valence-electron chi connectivity index (χ1n) is 20.4. The van der Waals surface area contributed by atoms with Crippen molar-refractivity contribution in [3.05, 3.63) is 236 Å². The Morgan fingerprint density at radius 2 is 0.775 bits per heavy atom. The molecule has 0 aliphatic rings. The summed E-state index contributed by atoms with van der Waals surface area (Å²) in [5, 5.41) is 1.48. The van der Waals surface area contributed by atoms with E-state index in [1.54, 1.807) is 62.4 Å². The summed E-state index contributed by atoms with van der Waals surface area (Å²) in [7, 11) is 0. The first kappa shape index (κ1) is 61.5. The van der Waals surface area contributed by atoms with Crippen molar-refractivity contribution in [1.82, 2.24) is 0 Å². The molecule has 0 saturated heterocycles. The maximum absolute atomic E-state index is 12.5. The van der Waals surface area contributed by atoms with Gasteiger partial charge in [-0.3, -0.25) is 0 Å². The van der Waals surface area contributed by atoms with Crippen LogP contribution >= 0.6 is 34.8 Å². The molecule has 0 spiro atoms. The van der Waals surface area contributed by atoms with Crippen LogP contribution in [0.25, 0.3) is 0 Å². The summed E-state index contributed by atoms with van der Waals surface area (Å²) in [4.78, 5) is 0. The zero-order valence-corrected chi connectivity index (χ0v) is 41.0. The lowest BCUT2D eigenvalue weighted by molar-refractivity contribution is 0.509. The molecule has 0 amide bonds. The van der Waals surface area contributed by atoms with Gasteiger partial charge in [-0.25, -0.2) is 35.1 Å². The Balaban J connectivity index is 0.000000406. The molecule has 0 aliphatic carbocycles. The second kappa shape index (κ2) is 31.6. The van der Waals surface area contributed by atoms with Gasteiger partial charge < -0.3 is 45.9 Å². The molecule has 71 heavy (non-hydrogen) atoms. The molecule has 0 aromatic heterocycles. The SMILES string of the molecule is Cc1c(N)cccc1Cl.Cc1c(N)cccc1F.Cc1ccc(F)cc1N.Cc1ccc(N)cc1F.Nc1cc(F)cc(F)c1.Nc1ccc(F)c(Cl)c1.Nc1ccc(F)c(F)c1.Nc1cccc(Cl)c1. The van der Waals surface area contributed by atoms with Crippen molar-refractivity contribution >= 4 is 80.3 Å². The predicted molar refractivity (Wildman–Crippen MR) is 280 cm³/mol. The fourth-order valence-corrected chi connectivity index (χ4v) is 5.14. The number of benzene rings is 8. The summed E-state index contributed by atoms with van der Waals surface area (Å²) in [6.45, 7) is 7.10. The quantitative estimate of drug-likeness (QED) is 0.0540. The molecule has 0 heterocycles. The van der Waals surface area contributed by atoms with E-state index < -0.39 is 29.1 Å². The fourth-order valence-electron chi connectivity index (χ4n) is 4.58. The Bertz CT molecular complexity index is 2560. The maximum atomic E-state index is 12.5. The van der Waals surface area contributed by atoms with Gasteiger partial charge in [0.15, 0.2) is 11.6 Å². The average molecular weight is 1050 g/mol. The highest BCUT2D eigenvalue weighted by Gasteiger charge is 2.00. The summed E-state index contributed by atoms with van der Waals surface area (Å²) < 4.78 is 98.0. The molecule has 8 nitrogen and oxygen atoms in total. The normalized spacial score (nSPS) is 9.51. The molecule has 378 valence electrons. The second-order valence-corrected chi connectivity index (χ2v) is 15.8. The highest BCUT2D eigenvalue weighted by Crippen LogP contribution is 2.20. The Labute approximate surface area is 422 Å². The molecule has 0 saturated carbocycles. The largest absolute Gasteiger partial charge is 0.399 e. The second-order valence-electron chi connectivity index (χ2n) is 14.5. The van der Waals surface area contributed by atoms with E-state index in [1.807, 2.05) is 38.1 Å². The predicted octanol–water partition coefficient (Wildman–Crippen LogP) is 14.5. The van der Waals surface area contributed by atoms with Gasteiger partial charge in [-0.1, -0.05) is 65.1 Å². The zero-order chi connectivity index (χ0) is 54.0. The van der Waals surface area contributed by atoms with Crippen molar-refractivity contribution in [3.63, 3.8) is 0 Å². The van der Waals surface area contributed by atoms with Gasteiger partial charge in [-0.05, 0) is 160 Å². The van der Waals surface area contributed by atoms with Crippen LogP contribution in [0.2, 0.25) is 15.1 Å². The monoisotopic (exact) mass is 1050 g/mol. The summed E-state index contributed by atoms with van der Waals surface area (Å²) >= 11 is 16.7. The standard InChI is InChI=1S/C7H8ClN.3C7H8FN.C6H5ClFN.C6H6ClN.2C6H5F2N/c1-5-6(8)3-2-4-7(5)9;1-5-2-3-6(9)4-7(5)8;1-5-2-3-6(8)4-7(5)9;1-5-6(8)3-2-4-7(5)9;7-5-3-4(9)1-2-6(5)8;7-5-2-1-3-6(8)4-5;7-4-1-5(8)3-6(9)2-4;7-5-2-1-4(9)3-6(5)8/h4*2-4H,9H2,1H3;1-3H,9H2;1-4H,8H2;2*1-3H,9H2. The third kappa shape index (κ3) is 25.6. The van der Waals surface area contributed by atoms with Gasteiger partial charge >= 0.3 is 0 Å². The van der Waals surface area contributed by atoms with E-state index in [9.17, 15) is 35.1 Å².